The third-order valence-corrected chi connectivity index (χ3v) is 4.88. The Labute approximate surface area is 119 Å². The van der Waals surface area contributed by atoms with E-state index in [4.69, 9.17) is 11.6 Å². The third kappa shape index (κ3) is 3.59. The quantitative estimate of drug-likeness (QED) is 0.720. The van der Waals surface area contributed by atoms with E-state index in [1.807, 2.05) is 6.07 Å². The monoisotopic (exact) mass is 283 g/mol. The van der Waals surface area contributed by atoms with E-state index in [1.54, 1.807) is 16.9 Å². The van der Waals surface area contributed by atoms with Crippen molar-refractivity contribution in [2.24, 2.45) is 0 Å². The van der Waals surface area contributed by atoms with Crippen LogP contribution in [0.3, 0.4) is 0 Å². The number of rotatable bonds is 5. The number of hydrogen-bond acceptors (Lipinski definition) is 2. The van der Waals surface area contributed by atoms with E-state index in [-0.39, 0.29) is 0 Å². The summed E-state index contributed by atoms with van der Waals surface area (Å²) in [6, 6.07) is 2.36. The van der Waals surface area contributed by atoms with Gasteiger partial charge in [0.05, 0.1) is 11.1 Å². The predicted molar refractivity (Wildman–Crippen MR) is 81.5 cm³/mol. The van der Waals surface area contributed by atoms with Crippen LogP contribution in [0.1, 0.15) is 56.4 Å². The minimum atomic E-state index is 0.343. The number of thiophene rings is 1. The van der Waals surface area contributed by atoms with E-state index in [1.165, 1.54) is 37.0 Å². The van der Waals surface area contributed by atoms with Gasteiger partial charge in [0, 0.05) is 4.88 Å². The van der Waals surface area contributed by atoms with Gasteiger partial charge in [-0.25, -0.2) is 0 Å². The lowest BCUT2D eigenvalue weighted by Gasteiger charge is -2.21. The van der Waals surface area contributed by atoms with Crippen molar-refractivity contribution in [3.05, 3.63) is 33.0 Å². The molecule has 100 valence electrons. The average molecular weight is 284 g/mol. The summed E-state index contributed by atoms with van der Waals surface area (Å²) in [7, 11) is 0. The van der Waals surface area contributed by atoms with Gasteiger partial charge in [0.15, 0.2) is 0 Å². The minimum absolute atomic E-state index is 0.343. The Bertz CT molecular complexity index is 397. The second-order valence-electron chi connectivity index (χ2n) is 4.90. The van der Waals surface area contributed by atoms with E-state index in [0.29, 0.717) is 6.04 Å². The Kier molecular flexibility index (Phi) is 5.74. The molecule has 1 aliphatic rings. The number of nitrogens with one attached hydrogen (secondary N) is 1. The number of allylic oxidation sites excluding steroid dienone is 1. The van der Waals surface area contributed by atoms with E-state index in [9.17, 15) is 0 Å². The van der Waals surface area contributed by atoms with E-state index < -0.39 is 0 Å². The van der Waals surface area contributed by atoms with Gasteiger partial charge in [0.25, 0.3) is 0 Å². The second kappa shape index (κ2) is 7.32. The smallest absolute Gasteiger partial charge is 0.0645 e. The number of hydrogen-bond donors (Lipinski definition) is 1. The highest BCUT2D eigenvalue weighted by Gasteiger charge is 2.20. The molecule has 0 amide bonds. The molecule has 3 heteroatoms. The van der Waals surface area contributed by atoms with Crippen LogP contribution in [0, 0.1) is 0 Å². The maximum Gasteiger partial charge on any atom is 0.0645 e. The highest BCUT2D eigenvalue weighted by molar-refractivity contribution is 7.10. The van der Waals surface area contributed by atoms with Crippen molar-refractivity contribution >= 4 is 22.9 Å². The van der Waals surface area contributed by atoms with Crippen molar-refractivity contribution in [3.8, 4) is 0 Å². The summed E-state index contributed by atoms with van der Waals surface area (Å²) in [6.07, 6.45) is 10.1. The van der Waals surface area contributed by atoms with Crippen LogP contribution in [-0.4, -0.2) is 6.54 Å². The lowest BCUT2D eigenvalue weighted by molar-refractivity contribution is 0.574. The first kappa shape index (κ1) is 14.1. The Balaban J connectivity index is 2.18. The lowest BCUT2D eigenvalue weighted by Crippen LogP contribution is -2.23. The predicted octanol–water partition coefficient (Wildman–Crippen LogP) is 5.33. The molecule has 18 heavy (non-hydrogen) atoms. The van der Waals surface area contributed by atoms with Crippen molar-refractivity contribution in [1.29, 1.82) is 0 Å². The van der Waals surface area contributed by atoms with Crippen LogP contribution >= 0.6 is 22.9 Å². The van der Waals surface area contributed by atoms with Crippen LogP contribution in [-0.2, 0) is 0 Å². The highest BCUT2D eigenvalue weighted by atomic mass is 35.5. The van der Waals surface area contributed by atoms with Gasteiger partial charge in [-0.2, -0.15) is 0 Å². The summed E-state index contributed by atoms with van der Waals surface area (Å²) in [5.41, 5.74) is 1.55. The summed E-state index contributed by atoms with van der Waals surface area (Å²) in [5, 5.41) is 6.68. The minimum Gasteiger partial charge on any atom is -0.306 e. The van der Waals surface area contributed by atoms with Gasteiger partial charge >= 0.3 is 0 Å². The van der Waals surface area contributed by atoms with Crippen molar-refractivity contribution in [1.82, 2.24) is 5.32 Å². The molecule has 0 saturated carbocycles. The highest BCUT2D eigenvalue weighted by Crippen LogP contribution is 2.36. The molecular formula is C15H22ClNS. The Morgan fingerprint density at radius 3 is 3.00 bits per heavy atom. The zero-order valence-corrected chi connectivity index (χ0v) is 12.6. The van der Waals surface area contributed by atoms with E-state index in [2.05, 4.69) is 23.7 Å². The molecule has 2 rings (SSSR count). The summed E-state index contributed by atoms with van der Waals surface area (Å²) in [4.78, 5) is 1.29. The molecule has 1 nitrogen and oxygen atoms in total. The topological polar surface area (TPSA) is 12.0 Å². The van der Waals surface area contributed by atoms with E-state index in [0.717, 1.165) is 18.0 Å². The molecule has 1 aliphatic carbocycles. The molecule has 1 atom stereocenters. The van der Waals surface area contributed by atoms with Crippen LogP contribution in [0.2, 0.25) is 5.02 Å². The van der Waals surface area contributed by atoms with Gasteiger partial charge in [-0.3, -0.25) is 0 Å². The Morgan fingerprint density at radius 2 is 2.28 bits per heavy atom. The van der Waals surface area contributed by atoms with Gasteiger partial charge in [-0.1, -0.05) is 36.6 Å². The van der Waals surface area contributed by atoms with Crippen molar-refractivity contribution in [2.45, 2.75) is 51.5 Å². The first-order chi connectivity index (χ1) is 8.83. The maximum atomic E-state index is 6.32. The lowest BCUT2D eigenvalue weighted by atomic mass is 10.0. The SMILES string of the molecule is CCCNC(C1=CCCCCC1)c1sccc1Cl. The fourth-order valence-electron chi connectivity index (χ4n) is 2.49. The second-order valence-corrected chi connectivity index (χ2v) is 6.25. The molecule has 1 unspecified atom stereocenters. The van der Waals surface area contributed by atoms with Gasteiger partial charge in [-0.15, -0.1) is 11.3 Å². The molecule has 0 radical (unpaired) electrons. The van der Waals surface area contributed by atoms with Gasteiger partial charge in [0.1, 0.15) is 0 Å². The maximum absolute atomic E-state index is 6.32. The molecule has 1 heterocycles. The molecule has 0 fully saturated rings. The first-order valence-electron chi connectivity index (χ1n) is 6.98. The molecule has 1 aromatic heterocycles. The normalized spacial score (nSPS) is 18.2. The van der Waals surface area contributed by atoms with Gasteiger partial charge in [-0.05, 0) is 50.1 Å². The summed E-state index contributed by atoms with van der Waals surface area (Å²) >= 11 is 8.09. The zero-order valence-electron chi connectivity index (χ0n) is 11.0. The third-order valence-electron chi connectivity index (χ3n) is 3.45. The molecule has 0 bridgehead atoms. The van der Waals surface area contributed by atoms with Crippen LogP contribution in [0.15, 0.2) is 23.1 Å². The van der Waals surface area contributed by atoms with Crippen LogP contribution in [0.25, 0.3) is 0 Å². The van der Waals surface area contributed by atoms with Crippen molar-refractivity contribution in [2.75, 3.05) is 6.54 Å². The fourth-order valence-corrected chi connectivity index (χ4v) is 3.78. The standard InChI is InChI=1S/C15H22ClNS/c1-2-10-17-14(15-13(16)9-11-18-15)12-7-5-3-4-6-8-12/h7,9,11,14,17H,2-6,8,10H2,1H3. The van der Waals surface area contributed by atoms with Gasteiger partial charge in [0.2, 0.25) is 0 Å². The molecule has 0 aromatic carbocycles. The summed E-state index contributed by atoms with van der Waals surface area (Å²) < 4.78 is 0. The molecular weight excluding hydrogens is 262 g/mol. The van der Waals surface area contributed by atoms with Gasteiger partial charge < -0.3 is 5.32 Å². The van der Waals surface area contributed by atoms with Crippen molar-refractivity contribution < 1.29 is 0 Å². The molecule has 0 spiro atoms. The van der Waals surface area contributed by atoms with Crippen LogP contribution < -0.4 is 5.32 Å². The van der Waals surface area contributed by atoms with Crippen LogP contribution in [0.4, 0.5) is 0 Å². The summed E-state index contributed by atoms with van der Waals surface area (Å²) in [5.74, 6) is 0. The molecule has 0 saturated heterocycles. The molecule has 1 aromatic rings. The average Bonchev–Trinajstić information content (AvgIpc) is 2.65. The summed E-state index contributed by atoms with van der Waals surface area (Å²) in [6.45, 7) is 3.26. The first-order valence-corrected chi connectivity index (χ1v) is 8.24. The zero-order chi connectivity index (χ0) is 12.8. The fraction of sp³-hybridized carbons (Fsp3) is 0.600. The number of halogens is 1. The van der Waals surface area contributed by atoms with E-state index >= 15 is 0 Å². The molecule has 0 aliphatic heterocycles. The largest absolute Gasteiger partial charge is 0.306 e. The van der Waals surface area contributed by atoms with Crippen molar-refractivity contribution in [3.63, 3.8) is 0 Å². The molecule has 1 N–H and O–H groups in total. The van der Waals surface area contributed by atoms with Crippen LogP contribution in [0.5, 0.6) is 0 Å². The Morgan fingerprint density at radius 1 is 1.39 bits per heavy atom. The Hall–Kier alpha value is -0.310.